The molecule has 1 nitrogen and oxygen atoms in total. The third-order valence-electron chi connectivity index (χ3n) is 3.38. The van der Waals surface area contributed by atoms with Gasteiger partial charge < -0.3 is 5.32 Å². The molecule has 0 radical (unpaired) electrons. The van der Waals surface area contributed by atoms with Gasteiger partial charge in [-0.05, 0) is 50.0 Å². The Balaban J connectivity index is 1.90. The van der Waals surface area contributed by atoms with Gasteiger partial charge in [0.05, 0.1) is 0 Å². The van der Waals surface area contributed by atoms with Crippen molar-refractivity contribution in [2.24, 2.45) is 0 Å². The van der Waals surface area contributed by atoms with Crippen LogP contribution in [0.25, 0.3) is 0 Å². The fraction of sp³-hybridized carbons (Fsp3) is 0.500. The van der Waals surface area contributed by atoms with Crippen LogP contribution in [0.2, 0.25) is 5.02 Å². The minimum absolute atomic E-state index is 0.471. The fourth-order valence-electron chi connectivity index (χ4n) is 2.55. The molecule has 2 aliphatic rings. The van der Waals surface area contributed by atoms with Crippen LogP contribution in [0.3, 0.4) is 0 Å². The van der Waals surface area contributed by atoms with Gasteiger partial charge in [0.2, 0.25) is 0 Å². The van der Waals surface area contributed by atoms with E-state index in [4.69, 9.17) is 11.6 Å². The van der Waals surface area contributed by atoms with Crippen LogP contribution < -0.4 is 5.32 Å². The van der Waals surface area contributed by atoms with Crippen molar-refractivity contribution in [1.82, 2.24) is 5.32 Å². The smallest absolute Gasteiger partial charge is 0.0417 e. The predicted molar refractivity (Wildman–Crippen MR) is 65.8 cm³/mol. The number of hydrogen-bond donors (Lipinski definition) is 1. The zero-order chi connectivity index (χ0) is 10.3. The normalized spacial score (nSPS) is 23.0. The fourth-order valence-corrected chi connectivity index (χ4v) is 4.34. The molecule has 0 unspecified atom stereocenters. The van der Waals surface area contributed by atoms with Gasteiger partial charge in [0, 0.05) is 14.7 Å². The monoisotopic (exact) mass is 239 g/mol. The van der Waals surface area contributed by atoms with E-state index in [0.29, 0.717) is 4.75 Å². The topological polar surface area (TPSA) is 12.0 Å². The van der Waals surface area contributed by atoms with Crippen molar-refractivity contribution in [3.05, 3.63) is 28.8 Å². The minimum Gasteiger partial charge on any atom is -0.317 e. The Labute approximate surface area is 99.6 Å². The summed E-state index contributed by atoms with van der Waals surface area (Å²) in [5.74, 6) is 0. The molecule has 0 aliphatic carbocycles. The van der Waals surface area contributed by atoms with E-state index < -0.39 is 0 Å². The van der Waals surface area contributed by atoms with E-state index in [1.165, 1.54) is 29.7 Å². The first-order valence-corrected chi connectivity index (χ1v) is 6.65. The number of thioether (sulfide) groups is 1. The maximum atomic E-state index is 6.03. The molecule has 1 aromatic rings. The Hall–Kier alpha value is -0.180. The molecule has 3 heteroatoms. The van der Waals surface area contributed by atoms with Crippen molar-refractivity contribution in [3.63, 3.8) is 0 Å². The second kappa shape index (κ2) is 3.69. The van der Waals surface area contributed by atoms with Crippen LogP contribution in [-0.2, 0) is 6.42 Å². The zero-order valence-corrected chi connectivity index (χ0v) is 10.1. The molecule has 0 aromatic heterocycles. The largest absolute Gasteiger partial charge is 0.317 e. The van der Waals surface area contributed by atoms with Crippen LogP contribution in [-0.4, -0.2) is 17.8 Å². The van der Waals surface area contributed by atoms with E-state index in [0.717, 1.165) is 18.1 Å². The maximum absolute atomic E-state index is 6.03. The lowest BCUT2D eigenvalue weighted by Gasteiger charge is -2.32. The van der Waals surface area contributed by atoms with Gasteiger partial charge in [0.15, 0.2) is 0 Å². The van der Waals surface area contributed by atoms with Crippen LogP contribution in [0.5, 0.6) is 0 Å². The van der Waals surface area contributed by atoms with E-state index in [1.807, 2.05) is 17.8 Å². The van der Waals surface area contributed by atoms with Crippen molar-refractivity contribution in [1.29, 1.82) is 0 Å². The Kier molecular flexibility index (Phi) is 2.46. The molecule has 1 saturated heterocycles. The van der Waals surface area contributed by atoms with Gasteiger partial charge in [-0.15, -0.1) is 11.8 Å². The number of halogens is 1. The highest BCUT2D eigenvalue weighted by Crippen LogP contribution is 2.50. The van der Waals surface area contributed by atoms with Crippen molar-refractivity contribution in [3.8, 4) is 0 Å². The van der Waals surface area contributed by atoms with Gasteiger partial charge in [-0.1, -0.05) is 17.7 Å². The van der Waals surface area contributed by atoms with Crippen LogP contribution in [0.4, 0.5) is 0 Å². The molecule has 0 amide bonds. The number of fused-ring (bicyclic) bond motifs is 1. The first kappa shape index (κ1) is 10.0. The zero-order valence-electron chi connectivity index (χ0n) is 8.55. The molecule has 2 aliphatic heterocycles. The molecule has 1 spiro atoms. The van der Waals surface area contributed by atoms with E-state index in [2.05, 4.69) is 17.4 Å². The van der Waals surface area contributed by atoms with Gasteiger partial charge in [-0.2, -0.15) is 0 Å². The third-order valence-corrected chi connectivity index (χ3v) is 5.20. The Morgan fingerprint density at radius 3 is 2.87 bits per heavy atom. The predicted octanol–water partition coefficient (Wildman–Crippen LogP) is 3.11. The molecular formula is C12H14ClNS. The molecular weight excluding hydrogens is 226 g/mol. The highest BCUT2D eigenvalue weighted by Gasteiger charge is 2.38. The standard InChI is InChI=1S/C12H14ClNS/c13-10-2-1-9-8-12(15-11(9)7-10)3-5-14-6-4-12/h1-2,7,14H,3-6,8H2. The molecule has 1 fully saturated rings. The van der Waals surface area contributed by atoms with Gasteiger partial charge in [-0.25, -0.2) is 0 Å². The molecule has 0 atom stereocenters. The van der Waals surface area contributed by atoms with E-state index in [-0.39, 0.29) is 0 Å². The lowest BCUT2D eigenvalue weighted by Crippen LogP contribution is -2.39. The lowest BCUT2D eigenvalue weighted by atomic mass is 9.90. The highest BCUT2D eigenvalue weighted by atomic mass is 35.5. The van der Waals surface area contributed by atoms with Crippen molar-refractivity contribution in [2.75, 3.05) is 13.1 Å². The number of piperidine rings is 1. The minimum atomic E-state index is 0.471. The SMILES string of the molecule is Clc1ccc2c(c1)SC1(CCNCC1)C2. The molecule has 2 heterocycles. The van der Waals surface area contributed by atoms with Gasteiger partial charge in [-0.3, -0.25) is 0 Å². The Morgan fingerprint density at radius 2 is 2.07 bits per heavy atom. The summed E-state index contributed by atoms with van der Waals surface area (Å²) in [6, 6.07) is 6.33. The molecule has 1 N–H and O–H groups in total. The quantitative estimate of drug-likeness (QED) is 0.747. The van der Waals surface area contributed by atoms with Crippen molar-refractivity contribution < 1.29 is 0 Å². The summed E-state index contributed by atoms with van der Waals surface area (Å²) in [5.41, 5.74) is 1.49. The van der Waals surface area contributed by atoms with Crippen molar-refractivity contribution >= 4 is 23.4 Å². The number of benzene rings is 1. The van der Waals surface area contributed by atoms with E-state index in [9.17, 15) is 0 Å². The van der Waals surface area contributed by atoms with Crippen molar-refractivity contribution in [2.45, 2.75) is 28.9 Å². The summed E-state index contributed by atoms with van der Waals surface area (Å²) in [6.07, 6.45) is 3.79. The van der Waals surface area contributed by atoms with Crippen LogP contribution in [0.15, 0.2) is 23.1 Å². The Morgan fingerprint density at radius 1 is 1.27 bits per heavy atom. The van der Waals surface area contributed by atoms with Gasteiger partial charge >= 0.3 is 0 Å². The maximum Gasteiger partial charge on any atom is 0.0417 e. The molecule has 0 saturated carbocycles. The number of nitrogens with one attached hydrogen (secondary N) is 1. The van der Waals surface area contributed by atoms with Crippen LogP contribution in [0.1, 0.15) is 18.4 Å². The molecule has 0 bridgehead atoms. The summed E-state index contributed by atoms with van der Waals surface area (Å²) < 4.78 is 0.471. The molecule has 80 valence electrons. The van der Waals surface area contributed by atoms with Crippen LogP contribution >= 0.6 is 23.4 Å². The summed E-state index contributed by atoms with van der Waals surface area (Å²) in [5, 5.41) is 4.30. The molecule has 1 aromatic carbocycles. The summed E-state index contributed by atoms with van der Waals surface area (Å²) >= 11 is 8.07. The van der Waals surface area contributed by atoms with Gasteiger partial charge in [0.1, 0.15) is 0 Å². The Bertz CT molecular complexity index is 385. The second-order valence-electron chi connectivity index (χ2n) is 4.46. The first-order chi connectivity index (χ1) is 7.27. The lowest BCUT2D eigenvalue weighted by molar-refractivity contribution is 0.417. The van der Waals surface area contributed by atoms with Crippen LogP contribution in [0, 0.1) is 0 Å². The third kappa shape index (κ3) is 1.79. The highest BCUT2D eigenvalue weighted by molar-refractivity contribution is 8.01. The number of rotatable bonds is 0. The van der Waals surface area contributed by atoms with Gasteiger partial charge in [0.25, 0.3) is 0 Å². The summed E-state index contributed by atoms with van der Waals surface area (Å²) in [4.78, 5) is 1.41. The average molecular weight is 240 g/mol. The van der Waals surface area contributed by atoms with E-state index in [1.54, 1.807) is 0 Å². The summed E-state index contributed by atoms with van der Waals surface area (Å²) in [6.45, 7) is 2.32. The molecule has 3 rings (SSSR count). The average Bonchev–Trinajstić information content (AvgIpc) is 2.56. The van der Waals surface area contributed by atoms with E-state index >= 15 is 0 Å². The summed E-state index contributed by atoms with van der Waals surface area (Å²) in [7, 11) is 0. The molecule has 15 heavy (non-hydrogen) atoms. The second-order valence-corrected chi connectivity index (χ2v) is 6.41. The number of hydrogen-bond acceptors (Lipinski definition) is 2. The first-order valence-electron chi connectivity index (χ1n) is 5.46.